The molecule has 200 valence electrons. The third kappa shape index (κ3) is 5.92. The number of anilines is 4. The van der Waals surface area contributed by atoms with Gasteiger partial charge in [0.15, 0.2) is 28.9 Å². The molecular formula is C26H27F2N5O5. The Balaban J connectivity index is 1.52. The Kier molecular flexibility index (Phi) is 8.22. The highest BCUT2D eigenvalue weighted by molar-refractivity contribution is 6.02. The van der Waals surface area contributed by atoms with Crippen molar-refractivity contribution in [2.24, 2.45) is 0 Å². The van der Waals surface area contributed by atoms with Crippen molar-refractivity contribution in [3.05, 3.63) is 66.0 Å². The van der Waals surface area contributed by atoms with E-state index >= 15 is 0 Å². The van der Waals surface area contributed by atoms with Gasteiger partial charge >= 0.3 is 0 Å². The molecule has 0 spiro atoms. The van der Waals surface area contributed by atoms with Gasteiger partial charge in [0.05, 0.1) is 49.7 Å². The molecule has 2 aromatic carbocycles. The molecule has 38 heavy (non-hydrogen) atoms. The molecule has 0 unspecified atom stereocenters. The smallest absolute Gasteiger partial charge is 0.247 e. The van der Waals surface area contributed by atoms with Crippen LogP contribution in [0.2, 0.25) is 0 Å². The number of halogens is 2. The molecular weight excluding hydrogens is 500 g/mol. The lowest BCUT2D eigenvalue weighted by atomic mass is 10.1. The van der Waals surface area contributed by atoms with Crippen molar-refractivity contribution in [1.29, 1.82) is 0 Å². The summed E-state index contributed by atoms with van der Waals surface area (Å²) in [7, 11) is 1.20. The monoisotopic (exact) mass is 527 g/mol. The predicted octanol–water partition coefficient (Wildman–Crippen LogP) is 4.06. The average molecular weight is 528 g/mol. The fourth-order valence-corrected chi connectivity index (χ4v) is 3.87. The number of hydrogen-bond acceptors (Lipinski definition) is 9. The van der Waals surface area contributed by atoms with Gasteiger partial charge in [0, 0.05) is 24.8 Å². The van der Waals surface area contributed by atoms with Crippen LogP contribution >= 0.6 is 0 Å². The average Bonchev–Trinajstić information content (AvgIpc) is 2.93. The maximum Gasteiger partial charge on any atom is 0.247 e. The second kappa shape index (κ2) is 11.7. The largest absolute Gasteiger partial charge is 0.505 e. The van der Waals surface area contributed by atoms with Crippen LogP contribution in [0, 0.1) is 18.6 Å². The number of ether oxygens (including phenoxy) is 3. The lowest BCUT2D eigenvalue weighted by Gasteiger charge is -2.30. The minimum absolute atomic E-state index is 0.135. The van der Waals surface area contributed by atoms with Crippen molar-refractivity contribution >= 4 is 28.9 Å². The Labute approximate surface area is 217 Å². The Morgan fingerprint density at radius 1 is 1.21 bits per heavy atom. The lowest BCUT2D eigenvalue weighted by Crippen LogP contribution is -2.36. The van der Waals surface area contributed by atoms with Crippen molar-refractivity contribution in [1.82, 2.24) is 9.97 Å². The number of benzene rings is 2. The summed E-state index contributed by atoms with van der Waals surface area (Å²) >= 11 is 0. The van der Waals surface area contributed by atoms with E-state index < -0.39 is 29.6 Å². The first kappa shape index (κ1) is 26.6. The first-order chi connectivity index (χ1) is 18.3. The minimum atomic E-state index is -1.15. The maximum absolute atomic E-state index is 14.4. The molecule has 1 saturated heterocycles. The van der Waals surface area contributed by atoms with Gasteiger partial charge in [-0.25, -0.2) is 18.7 Å². The summed E-state index contributed by atoms with van der Waals surface area (Å²) in [6.07, 6.45) is 3.83. The van der Waals surface area contributed by atoms with E-state index in [0.717, 1.165) is 30.4 Å². The summed E-state index contributed by atoms with van der Waals surface area (Å²) in [5.41, 5.74) is 2.37. The highest BCUT2D eigenvalue weighted by Crippen LogP contribution is 2.34. The molecule has 1 fully saturated rings. The van der Waals surface area contributed by atoms with Gasteiger partial charge in [-0.15, -0.1) is 0 Å². The van der Waals surface area contributed by atoms with Crippen molar-refractivity contribution in [2.75, 3.05) is 48.9 Å². The van der Waals surface area contributed by atoms with Gasteiger partial charge in [-0.2, -0.15) is 0 Å². The summed E-state index contributed by atoms with van der Waals surface area (Å²) in [6.45, 7) is 7.57. The van der Waals surface area contributed by atoms with Crippen LogP contribution < -0.4 is 25.0 Å². The zero-order valence-corrected chi connectivity index (χ0v) is 20.9. The van der Waals surface area contributed by atoms with Gasteiger partial charge in [-0.05, 0) is 30.7 Å². The Morgan fingerprint density at radius 3 is 2.58 bits per heavy atom. The molecule has 1 amide bonds. The van der Waals surface area contributed by atoms with Crippen LogP contribution in [0.15, 0.2) is 43.2 Å². The summed E-state index contributed by atoms with van der Waals surface area (Å²) < 4.78 is 44.3. The number of nitrogens with zero attached hydrogens (tertiary/aromatic N) is 3. The number of aromatic nitrogens is 2. The number of carbonyl (C=O) groups is 1. The van der Waals surface area contributed by atoms with Crippen molar-refractivity contribution in [3.8, 4) is 17.2 Å². The Bertz CT molecular complexity index is 1330. The minimum Gasteiger partial charge on any atom is -0.505 e. The first-order valence-corrected chi connectivity index (χ1v) is 11.7. The molecule has 0 atom stereocenters. The molecule has 0 bridgehead atoms. The van der Waals surface area contributed by atoms with E-state index in [4.69, 9.17) is 14.2 Å². The zero-order chi connectivity index (χ0) is 27.2. The number of carbonyl (C=O) groups excluding carboxylic acids is 1. The molecule has 3 aromatic rings. The highest BCUT2D eigenvalue weighted by atomic mass is 19.1. The van der Waals surface area contributed by atoms with Crippen molar-refractivity contribution in [3.63, 3.8) is 0 Å². The van der Waals surface area contributed by atoms with E-state index in [1.165, 1.54) is 25.6 Å². The molecule has 1 aliphatic heterocycles. The molecule has 0 saturated carbocycles. The third-order valence-corrected chi connectivity index (χ3v) is 5.85. The van der Waals surface area contributed by atoms with E-state index in [1.54, 1.807) is 0 Å². The number of morpholine rings is 1. The summed E-state index contributed by atoms with van der Waals surface area (Å²) in [5.74, 6) is -3.24. The van der Waals surface area contributed by atoms with Crippen LogP contribution in [-0.4, -0.2) is 54.4 Å². The fraction of sp³-hybridized carbons (Fsp3) is 0.269. The van der Waals surface area contributed by atoms with Gasteiger partial charge in [0.2, 0.25) is 11.9 Å². The van der Waals surface area contributed by atoms with Crippen LogP contribution in [-0.2, 0) is 16.1 Å². The van der Waals surface area contributed by atoms with Gasteiger partial charge in [-0.3, -0.25) is 4.79 Å². The number of phenolic OH excluding ortho intramolecular Hbond substituents is 1. The number of rotatable bonds is 9. The highest BCUT2D eigenvalue weighted by Gasteiger charge is 2.20. The summed E-state index contributed by atoms with van der Waals surface area (Å²) in [4.78, 5) is 22.7. The molecule has 10 nitrogen and oxygen atoms in total. The summed E-state index contributed by atoms with van der Waals surface area (Å²) in [6, 6.07) is 4.69. The molecule has 1 aromatic heterocycles. The van der Waals surface area contributed by atoms with Gasteiger partial charge in [0.25, 0.3) is 0 Å². The van der Waals surface area contributed by atoms with Crippen LogP contribution in [0.5, 0.6) is 17.2 Å². The van der Waals surface area contributed by atoms with Crippen LogP contribution in [0.3, 0.4) is 0 Å². The molecule has 1 aliphatic rings. The Morgan fingerprint density at radius 2 is 1.92 bits per heavy atom. The van der Waals surface area contributed by atoms with Crippen molar-refractivity contribution < 1.29 is 32.9 Å². The second-order valence-electron chi connectivity index (χ2n) is 8.34. The molecule has 2 heterocycles. The number of aryl methyl sites for hydroxylation is 1. The lowest BCUT2D eigenvalue weighted by molar-refractivity contribution is -0.111. The first-order valence-electron chi connectivity index (χ1n) is 11.7. The van der Waals surface area contributed by atoms with Gasteiger partial charge in [-0.1, -0.05) is 6.58 Å². The van der Waals surface area contributed by atoms with E-state index in [0.29, 0.717) is 24.6 Å². The number of phenols is 1. The fourth-order valence-electron chi connectivity index (χ4n) is 3.87. The van der Waals surface area contributed by atoms with E-state index in [2.05, 4.69) is 32.1 Å². The molecule has 4 rings (SSSR count). The number of aromatic hydroxyl groups is 1. The molecule has 3 N–H and O–H groups in total. The quantitative estimate of drug-likeness (QED) is 0.354. The molecule has 0 radical (unpaired) electrons. The zero-order valence-electron chi connectivity index (χ0n) is 20.9. The number of nitrogens with one attached hydrogen (secondary N) is 2. The van der Waals surface area contributed by atoms with Gasteiger partial charge in [0.1, 0.15) is 6.61 Å². The number of methoxy groups -OCH3 is 1. The van der Waals surface area contributed by atoms with Gasteiger partial charge < -0.3 is 34.9 Å². The summed E-state index contributed by atoms with van der Waals surface area (Å²) in [5, 5.41) is 15.6. The Hall–Kier alpha value is -4.45. The molecule has 0 aliphatic carbocycles. The second-order valence-corrected chi connectivity index (χ2v) is 8.34. The van der Waals surface area contributed by atoms with E-state index in [9.17, 15) is 18.7 Å². The normalized spacial score (nSPS) is 13.1. The van der Waals surface area contributed by atoms with E-state index in [-0.39, 0.29) is 23.4 Å². The van der Waals surface area contributed by atoms with Crippen molar-refractivity contribution in [2.45, 2.75) is 13.5 Å². The number of hydrogen-bond donors (Lipinski definition) is 3. The standard InChI is InChI=1S/C26H27F2N5O5/c1-4-22(35)31-19-10-16(33-5-7-37-8-6-33)9-15(2)25(19)32-26-29-12-17(13-30-26)38-14-18-23(27)20(34)11-21(36-3)24(18)28/h4,9-13,34H,1,5-8,14H2,2-3H3,(H,31,35)(H,29,30,32). The van der Waals surface area contributed by atoms with Crippen LogP contribution in [0.1, 0.15) is 11.1 Å². The van der Waals surface area contributed by atoms with Crippen LogP contribution in [0.25, 0.3) is 0 Å². The predicted molar refractivity (Wildman–Crippen MR) is 137 cm³/mol. The van der Waals surface area contributed by atoms with E-state index in [1.807, 2.05) is 19.1 Å². The molecule has 12 heteroatoms. The number of amides is 1. The topological polar surface area (TPSA) is 118 Å². The van der Waals surface area contributed by atoms with Crippen LogP contribution in [0.4, 0.5) is 31.8 Å². The SMILES string of the molecule is C=CC(=O)Nc1cc(N2CCOCC2)cc(C)c1Nc1ncc(OCc2c(F)c(O)cc(OC)c2F)cn1. The maximum atomic E-state index is 14.4. The third-order valence-electron chi connectivity index (χ3n) is 5.85.